The summed E-state index contributed by atoms with van der Waals surface area (Å²) in [5, 5.41) is 5.31. The number of fused-ring (bicyclic) bond motifs is 1. The van der Waals surface area contributed by atoms with Gasteiger partial charge >= 0.3 is 0 Å². The first-order chi connectivity index (χ1) is 8.66. The Hall–Kier alpha value is -1.72. The van der Waals surface area contributed by atoms with Gasteiger partial charge in [0.2, 0.25) is 0 Å². The van der Waals surface area contributed by atoms with E-state index < -0.39 is 5.82 Å². The molecule has 0 aliphatic heterocycles. The molecule has 0 saturated carbocycles. The van der Waals surface area contributed by atoms with Crippen LogP contribution in [0.3, 0.4) is 0 Å². The van der Waals surface area contributed by atoms with Gasteiger partial charge in [-0.15, -0.1) is 0 Å². The van der Waals surface area contributed by atoms with E-state index in [1.54, 1.807) is 0 Å². The predicted octanol–water partition coefficient (Wildman–Crippen LogP) is 3.26. The molecule has 0 aliphatic rings. The molecule has 0 unspecified atom stereocenters. The monoisotopic (exact) mass is 282 g/mol. The summed E-state index contributed by atoms with van der Waals surface area (Å²) in [6, 6.07) is 4.05. The van der Waals surface area contributed by atoms with Gasteiger partial charge in [-0.3, -0.25) is 0 Å². The van der Waals surface area contributed by atoms with Gasteiger partial charge in [-0.2, -0.15) is 5.10 Å². The molecule has 3 aromatic rings. The lowest BCUT2D eigenvalue weighted by atomic mass is 10.3. The zero-order valence-electron chi connectivity index (χ0n) is 8.81. The van der Waals surface area contributed by atoms with E-state index in [2.05, 4.69) is 15.1 Å². The van der Waals surface area contributed by atoms with Crippen LogP contribution in [0.15, 0.2) is 30.7 Å². The fourth-order valence-corrected chi connectivity index (χ4v) is 2.07. The maximum Gasteiger partial charge on any atom is 0.167 e. The smallest absolute Gasteiger partial charge is 0.167 e. The third-order valence-corrected chi connectivity index (χ3v) is 3.06. The van der Waals surface area contributed by atoms with E-state index >= 15 is 0 Å². The molecule has 2 heterocycles. The zero-order valence-corrected chi connectivity index (χ0v) is 10.3. The van der Waals surface area contributed by atoms with Crippen LogP contribution in [-0.2, 0) is 0 Å². The SMILES string of the molecule is Fc1ccc(-n2ncc3c(Cl)ncnc32)c(Cl)c1. The second-order valence-corrected chi connectivity index (χ2v) is 4.32. The molecule has 3 rings (SSSR count). The number of hydrogen-bond acceptors (Lipinski definition) is 3. The van der Waals surface area contributed by atoms with Gasteiger partial charge in [0, 0.05) is 0 Å². The number of nitrogens with zero attached hydrogens (tertiary/aromatic N) is 4. The molecule has 0 radical (unpaired) electrons. The number of aromatic nitrogens is 4. The largest absolute Gasteiger partial charge is 0.224 e. The van der Waals surface area contributed by atoms with Gasteiger partial charge in [-0.1, -0.05) is 23.2 Å². The van der Waals surface area contributed by atoms with Crippen molar-refractivity contribution >= 4 is 34.2 Å². The highest BCUT2D eigenvalue weighted by Crippen LogP contribution is 2.26. The molecule has 18 heavy (non-hydrogen) atoms. The highest BCUT2D eigenvalue weighted by Gasteiger charge is 2.12. The van der Waals surface area contributed by atoms with Crippen molar-refractivity contribution in [2.75, 3.05) is 0 Å². The van der Waals surface area contributed by atoms with E-state index in [0.717, 1.165) is 0 Å². The van der Waals surface area contributed by atoms with Crippen LogP contribution in [0.4, 0.5) is 4.39 Å². The van der Waals surface area contributed by atoms with E-state index in [1.165, 1.54) is 35.4 Å². The highest BCUT2D eigenvalue weighted by molar-refractivity contribution is 6.34. The molecule has 0 atom stereocenters. The molecule has 0 saturated heterocycles. The lowest BCUT2D eigenvalue weighted by molar-refractivity contribution is 0.627. The van der Waals surface area contributed by atoms with E-state index in [9.17, 15) is 4.39 Å². The summed E-state index contributed by atoms with van der Waals surface area (Å²) in [6.45, 7) is 0. The Morgan fingerprint density at radius 2 is 2.00 bits per heavy atom. The molecular weight excluding hydrogens is 278 g/mol. The summed E-state index contributed by atoms with van der Waals surface area (Å²) in [4.78, 5) is 7.95. The molecular formula is C11H5Cl2FN4. The highest BCUT2D eigenvalue weighted by atomic mass is 35.5. The first-order valence-corrected chi connectivity index (χ1v) is 5.72. The van der Waals surface area contributed by atoms with Crippen LogP contribution in [0.2, 0.25) is 10.2 Å². The summed E-state index contributed by atoms with van der Waals surface area (Å²) < 4.78 is 14.5. The molecule has 7 heteroatoms. The van der Waals surface area contributed by atoms with Crippen molar-refractivity contribution < 1.29 is 4.39 Å². The van der Waals surface area contributed by atoms with Crippen LogP contribution in [-0.4, -0.2) is 19.7 Å². The standard InChI is InChI=1S/C11H5Cl2FN4/c12-8-3-6(14)1-2-9(8)18-11-7(4-17-18)10(13)15-5-16-11/h1-5H. The average molecular weight is 283 g/mol. The van der Waals surface area contributed by atoms with Gasteiger partial charge in [-0.05, 0) is 18.2 Å². The van der Waals surface area contributed by atoms with E-state index in [4.69, 9.17) is 23.2 Å². The summed E-state index contributed by atoms with van der Waals surface area (Å²) >= 11 is 11.9. The van der Waals surface area contributed by atoms with Crippen molar-refractivity contribution in [1.82, 2.24) is 19.7 Å². The van der Waals surface area contributed by atoms with Gasteiger partial charge in [-0.25, -0.2) is 19.0 Å². The molecule has 0 bridgehead atoms. The summed E-state index contributed by atoms with van der Waals surface area (Å²) in [7, 11) is 0. The predicted molar refractivity (Wildman–Crippen MR) is 66.6 cm³/mol. The lowest BCUT2D eigenvalue weighted by Gasteiger charge is -2.05. The Bertz CT molecular complexity index is 741. The first-order valence-electron chi connectivity index (χ1n) is 4.96. The maximum atomic E-state index is 13.0. The third kappa shape index (κ3) is 1.72. The molecule has 2 aromatic heterocycles. The number of halogens is 3. The lowest BCUT2D eigenvalue weighted by Crippen LogP contribution is -1.99. The topological polar surface area (TPSA) is 43.6 Å². The minimum Gasteiger partial charge on any atom is -0.224 e. The van der Waals surface area contributed by atoms with Crippen LogP contribution in [0.1, 0.15) is 0 Å². The third-order valence-electron chi connectivity index (χ3n) is 2.46. The Morgan fingerprint density at radius 3 is 2.78 bits per heavy atom. The van der Waals surface area contributed by atoms with Gasteiger partial charge < -0.3 is 0 Å². The quantitative estimate of drug-likeness (QED) is 0.644. The maximum absolute atomic E-state index is 13.0. The Labute approximate surface area is 111 Å². The molecule has 0 N–H and O–H groups in total. The normalized spacial score (nSPS) is 11.1. The fourth-order valence-electron chi connectivity index (χ4n) is 1.64. The van der Waals surface area contributed by atoms with Gasteiger partial charge in [0.05, 0.1) is 22.3 Å². The van der Waals surface area contributed by atoms with Crippen molar-refractivity contribution in [3.05, 3.63) is 46.7 Å². The Balaban J connectivity index is 2.29. The van der Waals surface area contributed by atoms with Crippen LogP contribution in [0, 0.1) is 5.82 Å². The van der Waals surface area contributed by atoms with E-state index in [1.807, 2.05) is 0 Å². The van der Waals surface area contributed by atoms with Crippen LogP contribution < -0.4 is 0 Å². The van der Waals surface area contributed by atoms with Crippen LogP contribution in [0.25, 0.3) is 16.7 Å². The average Bonchev–Trinajstić information content (AvgIpc) is 2.74. The zero-order chi connectivity index (χ0) is 12.7. The Kier molecular flexibility index (Phi) is 2.65. The molecule has 0 spiro atoms. The second-order valence-electron chi connectivity index (χ2n) is 3.55. The van der Waals surface area contributed by atoms with E-state index in [0.29, 0.717) is 21.9 Å². The number of benzene rings is 1. The van der Waals surface area contributed by atoms with Gasteiger partial charge in [0.25, 0.3) is 0 Å². The number of hydrogen-bond donors (Lipinski definition) is 0. The number of rotatable bonds is 1. The molecule has 4 nitrogen and oxygen atoms in total. The molecule has 90 valence electrons. The van der Waals surface area contributed by atoms with Crippen molar-refractivity contribution in [3.8, 4) is 5.69 Å². The molecule has 0 aliphatic carbocycles. The first kappa shape index (κ1) is 11.4. The minimum atomic E-state index is -0.409. The molecule has 0 fully saturated rings. The minimum absolute atomic E-state index is 0.245. The van der Waals surface area contributed by atoms with E-state index in [-0.39, 0.29) is 5.02 Å². The van der Waals surface area contributed by atoms with Crippen molar-refractivity contribution in [2.45, 2.75) is 0 Å². The van der Waals surface area contributed by atoms with Crippen molar-refractivity contribution in [3.63, 3.8) is 0 Å². The fraction of sp³-hybridized carbons (Fsp3) is 0. The van der Waals surface area contributed by atoms with Crippen LogP contribution in [0.5, 0.6) is 0 Å². The van der Waals surface area contributed by atoms with Gasteiger partial charge in [0.15, 0.2) is 5.65 Å². The second kappa shape index (κ2) is 4.19. The summed E-state index contributed by atoms with van der Waals surface area (Å²) in [6.07, 6.45) is 2.87. The summed E-state index contributed by atoms with van der Waals surface area (Å²) in [5.41, 5.74) is 1.05. The molecule has 0 amide bonds. The van der Waals surface area contributed by atoms with Crippen LogP contribution >= 0.6 is 23.2 Å². The summed E-state index contributed by atoms with van der Waals surface area (Å²) in [5.74, 6) is -0.409. The molecule has 1 aromatic carbocycles. The Morgan fingerprint density at radius 1 is 1.17 bits per heavy atom. The van der Waals surface area contributed by atoms with Gasteiger partial charge in [0.1, 0.15) is 17.3 Å². The van der Waals surface area contributed by atoms with Crippen molar-refractivity contribution in [1.29, 1.82) is 0 Å². The van der Waals surface area contributed by atoms with Crippen molar-refractivity contribution in [2.24, 2.45) is 0 Å².